The number of nitrogens with zero attached hydrogens (tertiary/aromatic N) is 5. The minimum absolute atomic E-state index is 0.131. The summed E-state index contributed by atoms with van der Waals surface area (Å²) in [6, 6.07) is 4.86. The fourth-order valence-electron chi connectivity index (χ4n) is 6.74. The second-order valence-corrected chi connectivity index (χ2v) is 13.0. The Balaban J connectivity index is 1.53. The van der Waals surface area contributed by atoms with Crippen LogP contribution in [0.3, 0.4) is 0 Å². The van der Waals surface area contributed by atoms with Crippen LogP contribution in [0.1, 0.15) is 48.8 Å². The average Bonchev–Trinajstić information content (AvgIpc) is 3.53. The molecule has 1 fully saturated rings. The molecule has 2 aromatic heterocycles. The van der Waals surface area contributed by atoms with E-state index in [4.69, 9.17) is 27.3 Å². The lowest BCUT2D eigenvalue weighted by atomic mass is 9.85. The van der Waals surface area contributed by atoms with Gasteiger partial charge in [0.05, 0.1) is 26.8 Å². The number of rotatable bonds is 6. The number of likely N-dealkylation sites (tertiary alicyclic amines) is 1. The van der Waals surface area contributed by atoms with Crippen LogP contribution >= 0.6 is 22.9 Å². The van der Waals surface area contributed by atoms with Crippen molar-refractivity contribution in [3.63, 3.8) is 0 Å². The maximum absolute atomic E-state index is 16.8. The van der Waals surface area contributed by atoms with Crippen LogP contribution in [0.2, 0.25) is 5.02 Å². The Morgan fingerprint density at radius 2 is 2.02 bits per heavy atom. The molecule has 2 aliphatic rings. The van der Waals surface area contributed by atoms with E-state index in [1.54, 1.807) is 0 Å². The van der Waals surface area contributed by atoms with Crippen molar-refractivity contribution in [2.45, 2.75) is 45.4 Å². The number of thiophene rings is 1. The Hall–Kier alpha value is -3.48. The van der Waals surface area contributed by atoms with Crippen LogP contribution in [-0.4, -0.2) is 47.0 Å². The van der Waals surface area contributed by atoms with Crippen molar-refractivity contribution in [2.24, 2.45) is 11.8 Å². The van der Waals surface area contributed by atoms with Gasteiger partial charge in [-0.15, -0.1) is 11.3 Å². The summed E-state index contributed by atoms with van der Waals surface area (Å²) in [6.07, 6.45) is 4.75. The van der Waals surface area contributed by atoms with Crippen molar-refractivity contribution in [3.8, 4) is 17.2 Å². The number of aryl methyl sites for hydroxylation is 2. The van der Waals surface area contributed by atoms with Crippen LogP contribution in [0, 0.1) is 34.8 Å². The van der Waals surface area contributed by atoms with E-state index in [1.807, 2.05) is 25.9 Å². The Kier molecular flexibility index (Phi) is 7.48. The summed E-state index contributed by atoms with van der Waals surface area (Å²) < 4.78 is 31.8. The number of nitrogens with two attached hydrogens (primary N) is 1. The number of fused-ring (bicyclic) bond motifs is 1. The SMILES string of the molecule is C=C(N(C)C)N1CCC(C2CCc3c(Cl)c(-c4ccc(F)c5sc(N)c(C#N)c45)c(F)c4nc(CCC)nc(c34)C2)C1. The molecule has 1 saturated heterocycles. The summed E-state index contributed by atoms with van der Waals surface area (Å²) in [5.41, 5.74) is 8.62. The molecule has 4 aromatic rings. The lowest BCUT2D eigenvalue weighted by molar-refractivity contribution is 0.266. The second kappa shape index (κ2) is 11.0. The first-order valence-corrected chi connectivity index (χ1v) is 15.5. The minimum atomic E-state index is -0.575. The maximum Gasteiger partial charge on any atom is 0.158 e. The highest BCUT2D eigenvalue weighted by Crippen LogP contribution is 2.48. The molecule has 0 bridgehead atoms. The summed E-state index contributed by atoms with van der Waals surface area (Å²) >= 11 is 8.12. The van der Waals surface area contributed by atoms with Crippen molar-refractivity contribution < 1.29 is 8.78 Å². The van der Waals surface area contributed by atoms with Crippen molar-refractivity contribution in [2.75, 3.05) is 32.9 Å². The quantitative estimate of drug-likeness (QED) is 0.248. The highest BCUT2D eigenvalue weighted by molar-refractivity contribution is 7.23. The molecule has 10 heteroatoms. The number of benzene rings is 2. The van der Waals surface area contributed by atoms with E-state index in [-0.39, 0.29) is 36.8 Å². The first kappa shape index (κ1) is 28.6. The van der Waals surface area contributed by atoms with Gasteiger partial charge in [0.15, 0.2) is 5.82 Å². The predicted octanol–water partition coefficient (Wildman–Crippen LogP) is 7.31. The highest BCUT2D eigenvalue weighted by Gasteiger charge is 2.35. The first-order valence-electron chi connectivity index (χ1n) is 14.4. The van der Waals surface area contributed by atoms with Crippen LogP contribution in [0.15, 0.2) is 24.5 Å². The third-order valence-electron chi connectivity index (χ3n) is 8.91. The van der Waals surface area contributed by atoms with Crippen LogP contribution in [0.25, 0.3) is 32.1 Å². The highest BCUT2D eigenvalue weighted by atomic mass is 35.5. The first-order chi connectivity index (χ1) is 20.1. The molecule has 0 saturated carbocycles. The molecule has 1 aliphatic heterocycles. The number of nitrogen functional groups attached to an aromatic ring is 1. The van der Waals surface area contributed by atoms with Crippen LogP contribution < -0.4 is 5.73 Å². The zero-order chi connectivity index (χ0) is 29.9. The van der Waals surface area contributed by atoms with E-state index in [0.717, 1.165) is 67.2 Å². The number of hydrogen-bond donors (Lipinski definition) is 1. The summed E-state index contributed by atoms with van der Waals surface area (Å²) in [6.45, 7) is 8.18. The molecule has 6 rings (SSSR count). The molecule has 42 heavy (non-hydrogen) atoms. The zero-order valence-corrected chi connectivity index (χ0v) is 25.6. The smallest absolute Gasteiger partial charge is 0.158 e. The van der Waals surface area contributed by atoms with E-state index in [9.17, 15) is 9.65 Å². The molecule has 0 amide bonds. The topological polar surface area (TPSA) is 82.1 Å². The number of nitriles is 1. The third kappa shape index (κ3) is 4.56. The number of hydrogen-bond acceptors (Lipinski definition) is 7. The fraction of sp³-hybridized carbons (Fsp3) is 0.406. The van der Waals surface area contributed by atoms with Gasteiger partial charge in [-0.3, -0.25) is 0 Å². The van der Waals surface area contributed by atoms with Crippen molar-refractivity contribution in [1.29, 1.82) is 5.26 Å². The molecule has 1 aliphatic carbocycles. The van der Waals surface area contributed by atoms with Gasteiger partial charge in [-0.05, 0) is 61.1 Å². The van der Waals surface area contributed by atoms with E-state index in [2.05, 4.69) is 17.5 Å². The van der Waals surface area contributed by atoms with Gasteiger partial charge in [-0.25, -0.2) is 18.7 Å². The van der Waals surface area contributed by atoms with Gasteiger partial charge in [-0.2, -0.15) is 5.26 Å². The summed E-state index contributed by atoms with van der Waals surface area (Å²) in [5.74, 6) is 1.32. The Morgan fingerprint density at radius 3 is 2.74 bits per heavy atom. The molecule has 2 aromatic carbocycles. The van der Waals surface area contributed by atoms with Gasteiger partial charge < -0.3 is 15.5 Å². The summed E-state index contributed by atoms with van der Waals surface area (Å²) in [4.78, 5) is 14.1. The predicted molar refractivity (Wildman–Crippen MR) is 166 cm³/mol. The molecule has 2 unspecified atom stereocenters. The van der Waals surface area contributed by atoms with Gasteiger partial charge in [0, 0.05) is 49.9 Å². The van der Waals surface area contributed by atoms with Gasteiger partial charge in [0.2, 0.25) is 0 Å². The molecule has 2 atom stereocenters. The van der Waals surface area contributed by atoms with E-state index >= 15 is 4.39 Å². The van der Waals surface area contributed by atoms with Crippen molar-refractivity contribution in [1.82, 2.24) is 19.8 Å². The molecule has 6 nitrogen and oxygen atoms in total. The Bertz CT molecular complexity index is 1790. The largest absolute Gasteiger partial charge is 0.389 e. The van der Waals surface area contributed by atoms with Crippen molar-refractivity contribution in [3.05, 3.63) is 63.8 Å². The Labute approximate surface area is 253 Å². The van der Waals surface area contributed by atoms with Crippen LogP contribution in [0.5, 0.6) is 0 Å². The van der Waals surface area contributed by atoms with E-state index in [1.165, 1.54) is 12.1 Å². The zero-order valence-electron chi connectivity index (χ0n) is 24.0. The molecular formula is C32H33ClF2N6S. The molecule has 3 heterocycles. The van der Waals surface area contributed by atoms with E-state index in [0.29, 0.717) is 41.5 Å². The molecular weight excluding hydrogens is 574 g/mol. The second-order valence-electron chi connectivity index (χ2n) is 11.6. The molecule has 0 spiro atoms. The van der Waals surface area contributed by atoms with Gasteiger partial charge >= 0.3 is 0 Å². The number of aromatic nitrogens is 2. The molecule has 2 N–H and O–H groups in total. The lowest BCUT2D eigenvalue weighted by Crippen LogP contribution is -2.30. The molecule has 218 valence electrons. The minimum Gasteiger partial charge on any atom is -0.389 e. The van der Waals surface area contributed by atoms with Gasteiger partial charge in [0.1, 0.15) is 28.2 Å². The summed E-state index contributed by atoms with van der Waals surface area (Å²) in [7, 11) is 4.02. The number of halogens is 3. The summed E-state index contributed by atoms with van der Waals surface area (Å²) in [5, 5.41) is 11.3. The number of anilines is 1. The lowest BCUT2D eigenvalue weighted by Gasteiger charge is -2.28. The van der Waals surface area contributed by atoms with Gasteiger partial charge in [-0.1, -0.05) is 31.2 Å². The third-order valence-corrected chi connectivity index (χ3v) is 10.4. The van der Waals surface area contributed by atoms with E-state index < -0.39 is 11.6 Å². The standard InChI is InChI=1S/C32H33ClF2N6S/c1-5-6-24-38-23-13-17(18-11-12-41(15-18)16(2)40(3)4)7-8-20-26(23)30(39-24)29(35)27(28(20)33)19-9-10-22(34)31-25(19)21(14-36)32(37)42-31/h9-10,17-18H,2,5-8,11-13,15,37H2,1,3-4H3. The normalized spacial score (nSPS) is 18.5. The van der Waals surface area contributed by atoms with Crippen molar-refractivity contribution >= 4 is 48.9 Å². The monoisotopic (exact) mass is 606 g/mol. The molecule has 0 radical (unpaired) electrons. The maximum atomic E-state index is 16.8. The van der Waals surface area contributed by atoms with Crippen LogP contribution in [-0.2, 0) is 19.3 Å². The fourth-order valence-corrected chi connectivity index (χ4v) is 8.07. The Morgan fingerprint density at radius 1 is 1.24 bits per heavy atom. The van der Waals surface area contributed by atoms with Gasteiger partial charge in [0.25, 0.3) is 0 Å². The average molecular weight is 607 g/mol. The van der Waals surface area contributed by atoms with Crippen LogP contribution in [0.4, 0.5) is 13.8 Å².